The molecule has 0 heterocycles. The van der Waals surface area contributed by atoms with Crippen LogP contribution in [0.1, 0.15) is 71.8 Å². The van der Waals surface area contributed by atoms with Gasteiger partial charge in [-0.3, -0.25) is 9.59 Å². The molecule has 1 aromatic carbocycles. The molecule has 1 aliphatic carbocycles. The Bertz CT molecular complexity index is 787. The van der Waals surface area contributed by atoms with E-state index in [0.717, 1.165) is 24.8 Å². The maximum absolute atomic E-state index is 13.0. The molecule has 1 aliphatic rings. The number of alkyl carbamates (subject to hydrolysis) is 1. The van der Waals surface area contributed by atoms with Crippen LogP contribution in [0.2, 0.25) is 0 Å². The molecule has 190 valence electrons. The molecule has 8 heteroatoms. The lowest BCUT2D eigenvalue weighted by atomic mass is 9.85. The summed E-state index contributed by atoms with van der Waals surface area (Å²) in [6.07, 6.45) is 6.16. The molecule has 4 N–H and O–H groups in total. The molecule has 0 saturated heterocycles. The third-order valence-electron chi connectivity index (χ3n) is 5.95. The van der Waals surface area contributed by atoms with Gasteiger partial charge in [0.1, 0.15) is 17.7 Å². The highest BCUT2D eigenvalue weighted by Crippen LogP contribution is 2.27. The van der Waals surface area contributed by atoms with Crippen molar-refractivity contribution in [1.82, 2.24) is 16.0 Å². The number of aliphatic hydroxyl groups is 1. The molecule has 0 unspecified atom stereocenters. The van der Waals surface area contributed by atoms with Gasteiger partial charge >= 0.3 is 6.09 Å². The fraction of sp³-hybridized carbons (Fsp3) is 0.654. The standard InChI is InChI=1S/C26H41N3O5/c1-18(23(31)28-21(17-30)15-19-11-7-5-8-12-19)27-24(32)22(16-20-13-9-6-10-14-20)29-25(33)34-26(2,3)4/h6,9-10,13-14,18-19,21-22,30H,5,7-8,11-12,15-17H2,1-4H3,(H,27,32)(H,28,31)(H,29,33)/t18-,21-,22-/m0/s1. The van der Waals surface area contributed by atoms with Gasteiger partial charge in [0.05, 0.1) is 12.6 Å². The first-order chi connectivity index (χ1) is 16.1. The highest BCUT2D eigenvalue weighted by Gasteiger charge is 2.28. The van der Waals surface area contributed by atoms with Crippen LogP contribution < -0.4 is 16.0 Å². The molecule has 0 aliphatic heterocycles. The third kappa shape index (κ3) is 10.1. The molecule has 3 atom stereocenters. The fourth-order valence-electron chi connectivity index (χ4n) is 4.22. The molecular formula is C26H41N3O5. The lowest BCUT2D eigenvalue weighted by Crippen LogP contribution is -2.55. The summed E-state index contributed by atoms with van der Waals surface area (Å²) in [5.74, 6) is -0.339. The predicted octanol–water partition coefficient (Wildman–Crippen LogP) is 3.07. The minimum atomic E-state index is -0.914. The second-order valence-electron chi connectivity index (χ2n) is 10.2. The molecule has 1 fully saturated rings. The summed E-state index contributed by atoms with van der Waals surface area (Å²) in [6, 6.07) is 7.24. The SMILES string of the molecule is C[C@H](NC(=O)[C@H](Cc1ccccc1)NC(=O)OC(C)(C)C)C(=O)N[C@H](CO)CC1CCCCC1. The third-order valence-corrected chi connectivity index (χ3v) is 5.95. The fourth-order valence-corrected chi connectivity index (χ4v) is 4.22. The van der Waals surface area contributed by atoms with Crippen molar-refractivity contribution in [3.8, 4) is 0 Å². The number of carbonyl (C=O) groups is 3. The van der Waals surface area contributed by atoms with Crippen LogP contribution in [-0.4, -0.2) is 53.3 Å². The van der Waals surface area contributed by atoms with Gasteiger partial charge in [0.2, 0.25) is 11.8 Å². The van der Waals surface area contributed by atoms with Crippen LogP contribution in [0.25, 0.3) is 0 Å². The number of hydrogen-bond acceptors (Lipinski definition) is 5. The van der Waals surface area contributed by atoms with Gasteiger partial charge in [-0.25, -0.2) is 4.79 Å². The smallest absolute Gasteiger partial charge is 0.408 e. The Labute approximate surface area is 203 Å². The summed E-state index contributed by atoms with van der Waals surface area (Å²) in [5, 5.41) is 17.9. The first-order valence-electron chi connectivity index (χ1n) is 12.3. The van der Waals surface area contributed by atoms with E-state index in [0.29, 0.717) is 5.92 Å². The number of benzene rings is 1. The monoisotopic (exact) mass is 475 g/mol. The molecular weight excluding hydrogens is 434 g/mol. The predicted molar refractivity (Wildman–Crippen MR) is 131 cm³/mol. The van der Waals surface area contributed by atoms with Crippen LogP contribution in [-0.2, 0) is 20.7 Å². The van der Waals surface area contributed by atoms with E-state index in [2.05, 4.69) is 16.0 Å². The number of nitrogens with one attached hydrogen (secondary N) is 3. The molecule has 0 bridgehead atoms. The Morgan fingerprint density at radius 1 is 1.00 bits per heavy atom. The quantitative estimate of drug-likeness (QED) is 0.415. The number of amides is 3. The Kier molecular flexibility index (Phi) is 10.8. The van der Waals surface area contributed by atoms with Crippen molar-refractivity contribution in [2.75, 3.05) is 6.61 Å². The molecule has 8 nitrogen and oxygen atoms in total. The summed E-state index contributed by atoms with van der Waals surface area (Å²) in [5.41, 5.74) is 0.159. The Morgan fingerprint density at radius 3 is 2.24 bits per heavy atom. The molecule has 1 aromatic rings. The van der Waals surface area contributed by atoms with E-state index in [-0.39, 0.29) is 25.0 Å². The summed E-state index contributed by atoms with van der Waals surface area (Å²) in [6.45, 7) is 6.69. The van der Waals surface area contributed by atoms with E-state index in [1.807, 2.05) is 30.3 Å². The highest BCUT2D eigenvalue weighted by molar-refractivity contribution is 5.91. The lowest BCUT2D eigenvalue weighted by molar-refractivity contribution is -0.130. The zero-order valence-electron chi connectivity index (χ0n) is 20.9. The van der Waals surface area contributed by atoms with Gasteiger partial charge in [0, 0.05) is 6.42 Å². The van der Waals surface area contributed by atoms with Crippen LogP contribution in [0.3, 0.4) is 0 Å². The normalized spacial score (nSPS) is 17.2. The second-order valence-corrected chi connectivity index (χ2v) is 10.2. The molecule has 3 amide bonds. The van der Waals surface area contributed by atoms with E-state index in [1.165, 1.54) is 19.3 Å². The lowest BCUT2D eigenvalue weighted by Gasteiger charge is -2.27. The van der Waals surface area contributed by atoms with Gasteiger partial charge < -0.3 is 25.8 Å². The first-order valence-corrected chi connectivity index (χ1v) is 12.3. The molecule has 0 aromatic heterocycles. The zero-order valence-corrected chi connectivity index (χ0v) is 20.9. The van der Waals surface area contributed by atoms with Crippen molar-refractivity contribution >= 4 is 17.9 Å². The second kappa shape index (κ2) is 13.3. The van der Waals surface area contributed by atoms with E-state index in [4.69, 9.17) is 4.74 Å². The topological polar surface area (TPSA) is 117 Å². The number of aliphatic hydroxyl groups excluding tert-OH is 1. The first kappa shape index (κ1) is 27.6. The average molecular weight is 476 g/mol. The van der Waals surface area contributed by atoms with Crippen molar-refractivity contribution in [2.45, 2.75) is 96.4 Å². The Morgan fingerprint density at radius 2 is 1.65 bits per heavy atom. The highest BCUT2D eigenvalue weighted by atomic mass is 16.6. The van der Waals surface area contributed by atoms with Gasteiger partial charge in [0.25, 0.3) is 0 Å². The van der Waals surface area contributed by atoms with Crippen LogP contribution in [0.5, 0.6) is 0 Å². The Balaban J connectivity index is 1.97. The summed E-state index contributed by atoms with van der Waals surface area (Å²) in [4.78, 5) is 38.1. The van der Waals surface area contributed by atoms with Crippen molar-refractivity contribution in [3.63, 3.8) is 0 Å². The zero-order chi connectivity index (χ0) is 25.1. The summed E-state index contributed by atoms with van der Waals surface area (Å²) >= 11 is 0. The van der Waals surface area contributed by atoms with Crippen molar-refractivity contribution in [1.29, 1.82) is 0 Å². The summed E-state index contributed by atoms with van der Waals surface area (Å²) < 4.78 is 5.31. The van der Waals surface area contributed by atoms with Gasteiger partial charge in [-0.15, -0.1) is 0 Å². The van der Waals surface area contributed by atoms with E-state index in [9.17, 15) is 19.5 Å². The minimum absolute atomic E-state index is 0.139. The number of rotatable bonds is 10. The van der Waals surface area contributed by atoms with Crippen molar-refractivity contribution in [2.24, 2.45) is 5.92 Å². The van der Waals surface area contributed by atoms with E-state index < -0.39 is 29.7 Å². The summed E-state index contributed by atoms with van der Waals surface area (Å²) in [7, 11) is 0. The van der Waals surface area contributed by atoms with Crippen LogP contribution in [0.15, 0.2) is 30.3 Å². The van der Waals surface area contributed by atoms with Crippen LogP contribution >= 0.6 is 0 Å². The Hall–Kier alpha value is -2.61. The van der Waals surface area contributed by atoms with Crippen LogP contribution in [0, 0.1) is 5.92 Å². The molecule has 0 spiro atoms. The largest absolute Gasteiger partial charge is 0.444 e. The van der Waals surface area contributed by atoms with Gasteiger partial charge in [0.15, 0.2) is 0 Å². The van der Waals surface area contributed by atoms with Gasteiger partial charge in [-0.2, -0.15) is 0 Å². The van der Waals surface area contributed by atoms with Crippen LogP contribution in [0.4, 0.5) is 4.79 Å². The maximum Gasteiger partial charge on any atom is 0.408 e. The number of hydrogen-bond donors (Lipinski definition) is 4. The van der Waals surface area contributed by atoms with Gasteiger partial charge in [-0.1, -0.05) is 62.4 Å². The van der Waals surface area contributed by atoms with Crippen molar-refractivity contribution in [3.05, 3.63) is 35.9 Å². The van der Waals surface area contributed by atoms with Crippen molar-refractivity contribution < 1.29 is 24.2 Å². The molecule has 34 heavy (non-hydrogen) atoms. The molecule has 0 radical (unpaired) electrons. The number of ether oxygens (including phenoxy) is 1. The molecule has 1 saturated carbocycles. The van der Waals surface area contributed by atoms with Gasteiger partial charge in [-0.05, 0) is 45.6 Å². The van der Waals surface area contributed by atoms with E-state index in [1.54, 1.807) is 27.7 Å². The number of carbonyl (C=O) groups excluding carboxylic acids is 3. The maximum atomic E-state index is 13.0. The van der Waals surface area contributed by atoms with E-state index >= 15 is 0 Å². The average Bonchev–Trinajstić information content (AvgIpc) is 2.78. The molecule has 2 rings (SSSR count). The minimum Gasteiger partial charge on any atom is -0.444 e.